The zero-order valence-corrected chi connectivity index (χ0v) is 5.82. The Morgan fingerprint density at radius 1 is 1.50 bits per heavy atom. The van der Waals surface area contributed by atoms with Crippen LogP contribution in [-0.2, 0) is 17.1 Å². The van der Waals surface area contributed by atoms with E-state index in [1.54, 1.807) is 0 Å². The van der Waals surface area contributed by atoms with E-state index in [2.05, 4.69) is 17.7 Å². The van der Waals surface area contributed by atoms with Gasteiger partial charge in [0.15, 0.2) is 0 Å². The molecule has 3 heteroatoms. The maximum atomic E-state index is 2.20. The van der Waals surface area contributed by atoms with Crippen LogP contribution in [0.4, 0.5) is 0 Å². The van der Waals surface area contributed by atoms with Crippen LogP contribution in [0.25, 0.3) is 0 Å². The van der Waals surface area contributed by atoms with Crippen molar-refractivity contribution in [3.63, 3.8) is 0 Å². The van der Waals surface area contributed by atoms with Crippen LogP contribution in [0.2, 0.25) is 0 Å². The van der Waals surface area contributed by atoms with Gasteiger partial charge in [-0.25, -0.2) is 0 Å². The predicted molar refractivity (Wildman–Crippen MR) is 28.5 cm³/mol. The van der Waals surface area contributed by atoms with Crippen molar-refractivity contribution in [1.29, 1.82) is 0 Å². The fraction of sp³-hybridized carbons (Fsp3) is 0. The van der Waals surface area contributed by atoms with Gasteiger partial charge in [-0.2, -0.15) is 0 Å². The summed E-state index contributed by atoms with van der Waals surface area (Å²) in [6, 6.07) is 2.11. The van der Waals surface area contributed by atoms with Crippen molar-refractivity contribution in [3.05, 3.63) is 17.7 Å². The summed E-state index contributed by atoms with van der Waals surface area (Å²) < 4.78 is 0. The molecule has 0 saturated carbocycles. The standard InChI is InChI=1S/C3H4P2.Cu/c1-2-4-5-3-1;/h1-4H;. The second kappa shape index (κ2) is 3.90. The second-order valence-electron chi connectivity index (χ2n) is 0.766. The van der Waals surface area contributed by atoms with Crippen LogP contribution >= 0.6 is 15.7 Å². The van der Waals surface area contributed by atoms with E-state index in [9.17, 15) is 0 Å². The van der Waals surface area contributed by atoms with E-state index in [4.69, 9.17) is 0 Å². The molecule has 1 heterocycles. The first-order chi connectivity index (χ1) is 2.50. The summed E-state index contributed by atoms with van der Waals surface area (Å²) in [5.74, 6) is 4.36. The number of hydrogen-bond acceptors (Lipinski definition) is 0. The summed E-state index contributed by atoms with van der Waals surface area (Å²) in [6.07, 6.45) is 0. The average molecular weight is 166 g/mol. The zero-order valence-electron chi connectivity index (χ0n) is 2.98. The summed E-state index contributed by atoms with van der Waals surface area (Å²) in [5.41, 5.74) is 0. The third-order valence-electron chi connectivity index (χ3n) is 0.406. The molecule has 0 N–H and O–H groups in total. The van der Waals surface area contributed by atoms with Crippen molar-refractivity contribution in [3.8, 4) is 0 Å². The fourth-order valence-electron chi connectivity index (χ4n) is 0.215. The normalized spacial score (nSPS) is 9.33. The van der Waals surface area contributed by atoms with Gasteiger partial charge in [-0.3, -0.25) is 0 Å². The molecule has 0 amide bonds. The first kappa shape index (κ1) is 6.73. The first-order valence-corrected chi connectivity index (χ1v) is 4.32. The van der Waals surface area contributed by atoms with E-state index in [1.165, 1.54) is 7.87 Å². The average Bonchev–Trinajstić information content (AvgIpc) is 1.76. The summed E-state index contributed by atoms with van der Waals surface area (Å²) in [7, 11) is 2.53. The molecule has 1 unspecified atom stereocenters. The van der Waals surface area contributed by atoms with Crippen LogP contribution in [0, 0.1) is 0 Å². The van der Waals surface area contributed by atoms with Gasteiger partial charge in [0, 0.05) is 17.1 Å². The smallest absolute Gasteiger partial charge is 0 e. The Hall–Kier alpha value is 0.729. The fourth-order valence-corrected chi connectivity index (χ4v) is 1.94. The minimum Gasteiger partial charge on any atom is -0.111 e. The van der Waals surface area contributed by atoms with E-state index < -0.39 is 0 Å². The molecule has 1 rings (SSSR count). The van der Waals surface area contributed by atoms with Gasteiger partial charge in [0.1, 0.15) is 0 Å². The van der Waals surface area contributed by atoms with Gasteiger partial charge < -0.3 is 0 Å². The largest absolute Gasteiger partial charge is 0.111 e. The van der Waals surface area contributed by atoms with E-state index in [1.807, 2.05) is 0 Å². The molecular formula is C3H4CuP2. The number of rotatable bonds is 0. The molecule has 0 aromatic carbocycles. The Morgan fingerprint density at radius 2 is 2.33 bits per heavy atom. The van der Waals surface area contributed by atoms with Gasteiger partial charge >= 0.3 is 0 Å². The van der Waals surface area contributed by atoms with Crippen molar-refractivity contribution >= 4 is 15.7 Å². The summed E-state index contributed by atoms with van der Waals surface area (Å²) in [6.45, 7) is 0. The van der Waals surface area contributed by atoms with E-state index in [0.29, 0.717) is 0 Å². The topological polar surface area (TPSA) is 0 Å². The minimum atomic E-state index is 0. The Kier molecular flexibility index (Phi) is 4.38. The second-order valence-corrected chi connectivity index (χ2v) is 3.46. The van der Waals surface area contributed by atoms with Crippen molar-refractivity contribution < 1.29 is 17.1 Å². The third-order valence-corrected chi connectivity index (χ3v) is 2.56. The Balaban J connectivity index is 0.000000250. The van der Waals surface area contributed by atoms with Gasteiger partial charge in [-0.15, -0.1) is 7.87 Å². The molecule has 1 atom stereocenters. The molecule has 0 aliphatic heterocycles. The van der Waals surface area contributed by atoms with E-state index in [0.717, 1.165) is 7.87 Å². The molecule has 1 radical (unpaired) electrons. The Labute approximate surface area is 50.9 Å². The maximum absolute atomic E-state index is 2.20. The van der Waals surface area contributed by atoms with Crippen molar-refractivity contribution in [2.24, 2.45) is 0 Å². The summed E-state index contributed by atoms with van der Waals surface area (Å²) >= 11 is 0. The molecular weight excluding hydrogens is 162 g/mol. The van der Waals surface area contributed by atoms with E-state index in [-0.39, 0.29) is 17.1 Å². The summed E-state index contributed by atoms with van der Waals surface area (Å²) in [4.78, 5) is 0. The third kappa shape index (κ3) is 2.00. The SMILES string of the molecule is [Cu].c1cp[pH]c1. The monoisotopic (exact) mass is 165 g/mol. The van der Waals surface area contributed by atoms with Crippen LogP contribution in [0.15, 0.2) is 17.7 Å². The van der Waals surface area contributed by atoms with Crippen LogP contribution in [0.1, 0.15) is 0 Å². The van der Waals surface area contributed by atoms with E-state index >= 15 is 0 Å². The van der Waals surface area contributed by atoms with Gasteiger partial charge in [-0.05, 0) is 11.6 Å². The van der Waals surface area contributed by atoms with Gasteiger partial charge in [0.2, 0.25) is 0 Å². The van der Waals surface area contributed by atoms with Crippen LogP contribution in [0.3, 0.4) is 0 Å². The van der Waals surface area contributed by atoms with Crippen LogP contribution < -0.4 is 0 Å². The van der Waals surface area contributed by atoms with Crippen molar-refractivity contribution in [2.45, 2.75) is 0 Å². The first-order valence-electron chi connectivity index (χ1n) is 1.44. The van der Waals surface area contributed by atoms with Crippen molar-refractivity contribution in [2.75, 3.05) is 0 Å². The molecule has 37 valence electrons. The van der Waals surface area contributed by atoms with Gasteiger partial charge in [0.25, 0.3) is 0 Å². The zero-order chi connectivity index (χ0) is 3.54. The van der Waals surface area contributed by atoms with Crippen LogP contribution in [-0.4, -0.2) is 0 Å². The van der Waals surface area contributed by atoms with Gasteiger partial charge in [0.05, 0.1) is 0 Å². The molecule has 0 nitrogen and oxygen atoms in total. The molecule has 1 aromatic heterocycles. The van der Waals surface area contributed by atoms with Crippen LogP contribution in [0.5, 0.6) is 0 Å². The molecule has 0 saturated heterocycles. The quantitative estimate of drug-likeness (QED) is 0.518. The minimum absolute atomic E-state index is 0. The molecule has 0 aliphatic rings. The molecule has 0 fully saturated rings. The van der Waals surface area contributed by atoms with Gasteiger partial charge in [-0.1, -0.05) is 13.9 Å². The molecule has 0 aliphatic carbocycles. The molecule has 0 bridgehead atoms. The summed E-state index contributed by atoms with van der Waals surface area (Å²) in [5, 5.41) is 0. The Morgan fingerprint density at radius 3 is 2.50 bits per heavy atom. The molecule has 1 aromatic rings. The van der Waals surface area contributed by atoms with Crippen molar-refractivity contribution in [1.82, 2.24) is 0 Å². The Bertz CT molecular complexity index is 65.3. The predicted octanol–water partition coefficient (Wildman–Crippen LogP) is 2.30. The number of hydrogen-bond donors (Lipinski definition) is 0. The maximum Gasteiger partial charge on any atom is 0 e. The molecule has 6 heavy (non-hydrogen) atoms. The molecule has 0 spiro atoms.